The van der Waals surface area contributed by atoms with Gasteiger partial charge in [-0.25, -0.2) is 13.6 Å². The van der Waals surface area contributed by atoms with Gasteiger partial charge in [-0.05, 0) is 52.7 Å². The molecule has 2 amide bonds. The third-order valence-corrected chi connectivity index (χ3v) is 5.09. The van der Waals surface area contributed by atoms with E-state index in [4.69, 9.17) is 10.5 Å². The van der Waals surface area contributed by atoms with Crippen LogP contribution in [-0.4, -0.2) is 10.6 Å². The molecule has 0 saturated carbocycles. The average Bonchev–Trinajstić information content (AvgIpc) is 2.70. The number of hydrogen-bond donors (Lipinski definition) is 2. The standard InChI is InChI=1S/C21H18BrF2N3O3/c1-12-8-18(30-11-14-4-5-15(23)9-17(14)24)19(22)20(28)27(12)16-6-2-13(3-7-16)10-26-21(25)29/h2-9H,10-11H2,1H3,(H3,25,26,29). The molecular weight excluding hydrogens is 460 g/mol. The van der Waals surface area contributed by atoms with Gasteiger partial charge in [0.2, 0.25) is 0 Å². The van der Waals surface area contributed by atoms with Crippen LogP contribution in [-0.2, 0) is 13.2 Å². The summed E-state index contributed by atoms with van der Waals surface area (Å²) in [4.78, 5) is 23.7. The highest BCUT2D eigenvalue weighted by atomic mass is 79.9. The first-order valence-electron chi connectivity index (χ1n) is 8.87. The van der Waals surface area contributed by atoms with E-state index in [1.165, 1.54) is 10.6 Å². The van der Waals surface area contributed by atoms with E-state index in [0.717, 1.165) is 17.7 Å². The van der Waals surface area contributed by atoms with Crippen LogP contribution in [0.15, 0.2) is 57.8 Å². The van der Waals surface area contributed by atoms with E-state index in [0.29, 0.717) is 11.4 Å². The highest BCUT2D eigenvalue weighted by molar-refractivity contribution is 9.10. The van der Waals surface area contributed by atoms with E-state index in [2.05, 4.69) is 21.2 Å². The highest BCUT2D eigenvalue weighted by Gasteiger charge is 2.14. The molecule has 0 spiro atoms. The lowest BCUT2D eigenvalue weighted by atomic mass is 10.2. The largest absolute Gasteiger partial charge is 0.487 e. The van der Waals surface area contributed by atoms with Gasteiger partial charge in [-0.1, -0.05) is 12.1 Å². The lowest BCUT2D eigenvalue weighted by Gasteiger charge is -2.15. The maximum Gasteiger partial charge on any atom is 0.312 e. The quantitative estimate of drug-likeness (QED) is 0.563. The van der Waals surface area contributed by atoms with Gasteiger partial charge in [0.25, 0.3) is 5.56 Å². The van der Waals surface area contributed by atoms with Gasteiger partial charge in [-0.3, -0.25) is 9.36 Å². The van der Waals surface area contributed by atoms with Crippen molar-refractivity contribution in [3.05, 3.63) is 91.8 Å². The Morgan fingerprint density at radius 1 is 1.17 bits per heavy atom. The van der Waals surface area contributed by atoms with Crippen molar-refractivity contribution in [2.45, 2.75) is 20.1 Å². The van der Waals surface area contributed by atoms with Gasteiger partial charge in [0, 0.05) is 35.6 Å². The van der Waals surface area contributed by atoms with Crippen molar-refractivity contribution >= 4 is 22.0 Å². The van der Waals surface area contributed by atoms with Crippen molar-refractivity contribution in [2.75, 3.05) is 0 Å². The van der Waals surface area contributed by atoms with Gasteiger partial charge < -0.3 is 15.8 Å². The summed E-state index contributed by atoms with van der Waals surface area (Å²) in [5.74, 6) is -1.14. The predicted molar refractivity (Wildman–Crippen MR) is 112 cm³/mol. The smallest absolute Gasteiger partial charge is 0.312 e. The number of nitrogens with one attached hydrogen (secondary N) is 1. The lowest BCUT2D eigenvalue weighted by molar-refractivity contribution is 0.248. The maximum absolute atomic E-state index is 13.8. The van der Waals surface area contributed by atoms with Crippen molar-refractivity contribution < 1.29 is 18.3 Å². The van der Waals surface area contributed by atoms with Crippen LogP contribution in [0, 0.1) is 18.6 Å². The summed E-state index contributed by atoms with van der Waals surface area (Å²) in [6.07, 6.45) is 0. The summed E-state index contributed by atoms with van der Waals surface area (Å²) < 4.78 is 34.1. The Bertz CT molecular complexity index is 1150. The molecule has 0 saturated heterocycles. The molecule has 3 rings (SSSR count). The van der Waals surface area contributed by atoms with Gasteiger partial charge in [0.1, 0.15) is 28.5 Å². The van der Waals surface area contributed by atoms with Gasteiger partial charge in [-0.2, -0.15) is 0 Å². The summed E-state index contributed by atoms with van der Waals surface area (Å²) >= 11 is 3.25. The number of urea groups is 1. The van der Waals surface area contributed by atoms with E-state index in [1.54, 1.807) is 37.3 Å². The molecule has 6 nitrogen and oxygen atoms in total. The van der Waals surface area contributed by atoms with Crippen molar-refractivity contribution in [1.29, 1.82) is 0 Å². The zero-order valence-electron chi connectivity index (χ0n) is 15.9. The van der Waals surface area contributed by atoms with Crippen LogP contribution in [0.3, 0.4) is 0 Å². The fraction of sp³-hybridized carbons (Fsp3) is 0.143. The molecule has 0 bridgehead atoms. The number of ether oxygens (including phenoxy) is 1. The first-order valence-corrected chi connectivity index (χ1v) is 9.67. The number of nitrogens with zero attached hydrogens (tertiary/aromatic N) is 1. The van der Waals surface area contributed by atoms with Crippen LogP contribution in [0.2, 0.25) is 0 Å². The number of carbonyl (C=O) groups excluding carboxylic acids is 1. The minimum atomic E-state index is -0.720. The fourth-order valence-corrected chi connectivity index (χ4v) is 3.26. The van der Waals surface area contributed by atoms with Crippen molar-refractivity contribution in [2.24, 2.45) is 5.73 Å². The normalized spacial score (nSPS) is 10.7. The van der Waals surface area contributed by atoms with Gasteiger partial charge >= 0.3 is 6.03 Å². The second-order valence-corrected chi connectivity index (χ2v) is 7.31. The molecule has 156 valence electrons. The van der Waals surface area contributed by atoms with E-state index >= 15 is 0 Å². The summed E-state index contributed by atoms with van der Waals surface area (Å²) in [5, 5.41) is 2.49. The maximum atomic E-state index is 13.8. The topological polar surface area (TPSA) is 86.3 Å². The Kier molecular flexibility index (Phi) is 6.51. The van der Waals surface area contributed by atoms with Crippen LogP contribution in [0.4, 0.5) is 13.6 Å². The summed E-state index contributed by atoms with van der Waals surface area (Å²) in [7, 11) is 0. The van der Waals surface area contributed by atoms with Crippen LogP contribution < -0.4 is 21.3 Å². The first kappa shape index (κ1) is 21.5. The molecule has 0 atom stereocenters. The number of aromatic nitrogens is 1. The van der Waals surface area contributed by atoms with Gasteiger partial charge in [0.05, 0.1) is 0 Å². The van der Waals surface area contributed by atoms with E-state index < -0.39 is 17.7 Å². The molecule has 2 aromatic carbocycles. The molecule has 3 aromatic rings. The molecule has 30 heavy (non-hydrogen) atoms. The number of nitrogens with two attached hydrogens (primary N) is 1. The number of hydrogen-bond acceptors (Lipinski definition) is 3. The number of aryl methyl sites for hydroxylation is 1. The molecule has 3 N–H and O–H groups in total. The fourth-order valence-electron chi connectivity index (χ4n) is 2.85. The molecule has 0 unspecified atom stereocenters. The number of amides is 2. The zero-order valence-corrected chi connectivity index (χ0v) is 17.5. The summed E-state index contributed by atoms with van der Waals surface area (Å²) in [5.41, 5.74) is 6.92. The number of primary amides is 1. The Hall–Kier alpha value is -3.20. The summed E-state index contributed by atoms with van der Waals surface area (Å²) in [6.45, 7) is 1.86. The third kappa shape index (κ3) is 4.85. The van der Waals surface area contributed by atoms with Crippen LogP contribution in [0.1, 0.15) is 16.8 Å². The molecule has 0 aliphatic heterocycles. The molecule has 1 aromatic heterocycles. The molecule has 0 radical (unpaired) electrons. The van der Waals surface area contributed by atoms with Gasteiger partial charge in [0.15, 0.2) is 0 Å². The molecule has 9 heteroatoms. The number of benzene rings is 2. The lowest BCUT2D eigenvalue weighted by Crippen LogP contribution is -2.28. The third-order valence-electron chi connectivity index (χ3n) is 4.36. The second-order valence-electron chi connectivity index (χ2n) is 6.51. The minimum absolute atomic E-state index is 0.158. The highest BCUT2D eigenvalue weighted by Crippen LogP contribution is 2.25. The van der Waals surface area contributed by atoms with E-state index in [9.17, 15) is 18.4 Å². The monoisotopic (exact) mass is 477 g/mol. The predicted octanol–water partition coefficient (Wildman–Crippen LogP) is 3.93. The minimum Gasteiger partial charge on any atom is -0.487 e. The molecule has 0 aliphatic rings. The Morgan fingerprint density at radius 3 is 2.50 bits per heavy atom. The molecule has 0 fully saturated rings. The second kappa shape index (κ2) is 9.08. The summed E-state index contributed by atoms with van der Waals surface area (Å²) in [6, 6.07) is 11.3. The molecular formula is C21H18BrF2N3O3. The van der Waals surface area contributed by atoms with Crippen LogP contribution >= 0.6 is 15.9 Å². The number of carbonyl (C=O) groups is 1. The average molecular weight is 478 g/mol. The molecule has 0 aliphatic carbocycles. The zero-order chi connectivity index (χ0) is 21.8. The Balaban J connectivity index is 1.84. The van der Waals surface area contributed by atoms with Crippen molar-refractivity contribution in [3.63, 3.8) is 0 Å². The van der Waals surface area contributed by atoms with Gasteiger partial charge in [-0.15, -0.1) is 0 Å². The molecule has 1 heterocycles. The van der Waals surface area contributed by atoms with Crippen LogP contribution in [0.5, 0.6) is 5.75 Å². The Morgan fingerprint density at radius 2 is 1.87 bits per heavy atom. The number of halogens is 3. The number of pyridine rings is 1. The van der Waals surface area contributed by atoms with Crippen molar-refractivity contribution in [3.8, 4) is 11.4 Å². The SMILES string of the molecule is Cc1cc(OCc2ccc(F)cc2F)c(Br)c(=O)n1-c1ccc(CNC(N)=O)cc1. The Labute approximate surface area is 179 Å². The van der Waals surface area contributed by atoms with E-state index in [-0.39, 0.29) is 34.5 Å². The first-order chi connectivity index (χ1) is 14.3. The number of rotatable bonds is 6. The van der Waals surface area contributed by atoms with Crippen molar-refractivity contribution in [1.82, 2.24) is 9.88 Å². The van der Waals surface area contributed by atoms with Crippen LogP contribution in [0.25, 0.3) is 5.69 Å². The van der Waals surface area contributed by atoms with E-state index in [1.807, 2.05) is 0 Å².